The third kappa shape index (κ3) is 3.73. The number of ether oxygens (including phenoxy) is 1. The second-order valence-corrected chi connectivity index (χ2v) is 7.12. The van der Waals surface area contributed by atoms with Crippen molar-refractivity contribution < 1.29 is 9.94 Å². The molecule has 1 saturated carbocycles. The molecule has 0 atom stereocenters. The summed E-state index contributed by atoms with van der Waals surface area (Å²) >= 11 is 0. The topological polar surface area (TPSA) is 66.7 Å². The molecule has 2 aliphatic rings. The molecule has 2 N–H and O–H groups in total. The maximum atomic E-state index is 9.62. The van der Waals surface area contributed by atoms with E-state index in [4.69, 9.17) is 4.74 Å². The lowest BCUT2D eigenvalue weighted by Gasteiger charge is -2.17. The van der Waals surface area contributed by atoms with Crippen molar-refractivity contribution in [1.82, 2.24) is 10.5 Å². The molecule has 1 heterocycles. The Hall–Kier alpha value is -2.40. The highest BCUT2D eigenvalue weighted by Gasteiger charge is 2.18. The van der Waals surface area contributed by atoms with Crippen molar-refractivity contribution in [2.24, 2.45) is 4.99 Å². The van der Waals surface area contributed by atoms with Gasteiger partial charge in [0.15, 0.2) is 5.84 Å². The van der Waals surface area contributed by atoms with E-state index in [1.165, 1.54) is 36.8 Å². The molecule has 0 radical (unpaired) electrons. The van der Waals surface area contributed by atoms with Crippen molar-refractivity contribution in [1.29, 1.82) is 0 Å². The Labute approximate surface area is 154 Å². The third-order valence-electron chi connectivity index (χ3n) is 5.30. The lowest BCUT2D eigenvalue weighted by atomic mass is 9.92. The number of fused-ring (bicyclic) bond motifs is 1. The number of rotatable bonds is 4. The molecule has 0 amide bonds. The monoisotopic (exact) mass is 351 g/mol. The fraction of sp³-hybridized carbons (Fsp3) is 0.429. The zero-order valence-electron chi connectivity index (χ0n) is 14.9. The van der Waals surface area contributed by atoms with Gasteiger partial charge in [0.05, 0.1) is 11.6 Å². The Balaban J connectivity index is 1.61. The quantitative estimate of drug-likeness (QED) is 0.486. The lowest BCUT2D eigenvalue weighted by molar-refractivity contribution is 0.234. The van der Waals surface area contributed by atoms with Crippen LogP contribution in [0.25, 0.3) is 0 Å². The highest BCUT2D eigenvalue weighted by molar-refractivity contribution is 6.00. The van der Waals surface area contributed by atoms with Crippen molar-refractivity contribution >= 4 is 5.84 Å². The van der Waals surface area contributed by atoms with Crippen LogP contribution in [0, 0.1) is 0 Å². The van der Waals surface area contributed by atoms with E-state index >= 15 is 0 Å². The number of hydrogen-bond donors (Lipinski definition) is 2. The van der Waals surface area contributed by atoms with Gasteiger partial charge in [-0.05, 0) is 73.9 Å². The second kappa shape index (κ2) is 7.87. The molecule has 0 unspecified atom stereocenters. The molecule has 0 saturated heterocycles. The van der Waals surface area contributed by atoms with Crippen LogP contribution in [0.15, 0.2) is 41.5 Å². The summed E-state index contributed by atoms with van der Waals surface area (Å²) in [7, 11) is 0. The van der Waals surface area contributed by atoms with Gasteiger partial charge in [-0.1, -0.05) is 18.9 Å². The zero-order chi connectivity index (χ0) is 17.8. The molecule has 0 bridgehead atoms. The van der Waals surface area contributed by atoms with Gasteiger partial charge in [-0.15, -0.1) is 0 Å². The van der Waals surface area contributed by atoms with E-state index in [1.807, 2.05) is 18.2 Å². The highest BCUT2D eigenvalue weighted by Crippen LogP contribution is 2.29. The molecule has 5 heteroatoms. The smallest absolute Gasteiger partial charge is 0.230 e. The second-order valence-electron chi connectivity index (χ2n) is 7.12. The van der Waals surface area contributed by atoms with Gasteiger partial charge in [0.25, 0.3) is 0 Å². The lowest BCUT2D eigenvalue weighted by Crippen LogP contribution is -2.23. The summed E-state index contributed by atoms with van der Waals surface area (Å²) in [6.07, 6.45) is 11.0. The third-order valence-corrected chi connectivity index (χ3v) is 5.30. The number of nitrogens with one attached hydrogen (secondary N) is 1. The standard InChI is InChI=1S/C21H25N3O2/c25-24-20(23-17-8-3-4-9-17)19-10-5-13-22-21(19)26-18-12-11-15-6-1-2-7-16(15)14-18/h5,10-14,17,25H,1-4,6-9H2,(H,23,24). The van der Waals surface area contributed by atoms with E-state index in [0.29, 0.717) is 17.3 Å². The number of aliphatic imine (C=N–C) groups is 1. The molecule has 1 aromatic heterocycles. The van der Waals surface area contributed by atoms with E-state index in [2.05, 4.69) is 27.6 Å². The number of aryl methyl sites for hydroxylation is 2. The average Bonchev–Trinajstić information content (AvgIpc) is 3.20. The first-order chi connectivity index (χ1) is 12.8. The maximum Gasteiger partial charge on any atom is 0.230 e. The van der Waals surface area contributed by atoms with E-state index in [9.17, 15) is 5.21 Å². The van der Waals surface area contributed by atoms with Crippen LogP contribution < -0.4 is 10.2 Å². The first-order valence-corrected chi connectivity index (χ1v) is 9.56. The summed E-state index contributed by atoms with van der Waals surface area (Å²) in [5.41, 5.74) is 5.72. The summed E-state index contributed by atoms with van der Waals surface area (Å²) in [6.45, 7) is 0. The Morgan fingerprint density at radius 2 is 1.88 bits per heavy atom. The van der Waals surface area contributed by atoms with Gasteiger partial charge in [0.1, 0.15) is 5.75 Å². The Bertz CT molecular complexity index is 798. The van der Waals surface area contributed by atoms with Gasteiger partial charge in [-0.2, -0.15) is 0 Å². The molecule has 26 heavy (non-hydrogen) atoms. The van der Waals surface area contributed by atoms with Crippen LogP contribution >= 0.6 is 0 Å². The van der Waals surface area contributed by atoms with Crippen LogP contribution in [0.1, 0.15) is 55.2 Å². The molecule has 5 nitrogen and oxygen atoms in total. The zero-order valence-corrected chi connectivity index (χ0v) is 14.9. The summed E-state index contributed by atoms with van der Waals surface area (Å²) < 4.78 is 6.08. The van der Waals surface area contributed by atoms with Crippen LogP contribution in [0.2, 0.25) is 0 Å². The Morgan fingerprint density at radius 1 is 1.08 bits per heavy atom. The normalized spacial score (nSPS) is 17.8. The molecule has 2 aliphatic carbocycles. The first kappa shape index (κ1) is 17.0. The van der Waals surface area contributed by atoms with Crippen LogP contribution in [0.4, 0.5) is 0 Å². The predicted molar refractivity (Wildman–Crippen MR) is 101 cm³/mol. The molecule has 0 spiro atoms. The fourth-order valence-corrected chi connectivity index (χ4v) is 3.91. The molecular formula is C21H25N3O2. The molecule has 136 valence electrons. The predicted octanol–water partition coefficient (Wildman–Crippen LogP) is 4.42. The Morgan fingerprint density at radius 3 is 2.69 bits per heavy atom. The SMILES string of the molecule is ONC(=NC1CCCC1)c1cccnc1Oc1ccc2c(c1)CCCC2. The minimum Gasteiger partial charge on any atom is -0.438 e. The van der Waals surface area contributed by atoms with Crippen LogP contribution in [-0.2, 0) is 12.8 Å². The van der Waals surface area contributed by atoms with Crippen molar-refractivity contribution in [3.63, 3.8) is 0 Å². The van der Waals surface area contributed by atoms with Gasteiger partial charge in [0.2, 0.25) is 5.88 Å². The first-order valence-electron chi connectivity index (χ1n) is 9.56. The summed E-state index contributed by atoms with van der Waals surface area (Å²) in [6, 6.07) is 10.2. The van der Waals surface area contributed by atoms with Crippen molar-refractivity contribution in [3.8, 4) is 11.6 Å². The van der Waals surface area contributed by atoms with Crippen LogP contribution in [0.5, 0.6) is 11.6 Å². The van der Waals surface area contributed by atoms with Gasteiger partial charge < -0.3 is 4.74 Å². The van der Waals surface area contributed by atoms with Gasteiger partial charge >= 0.3 is 0 Å². The number of nitrogens with zero attached hydrogens (tertiary/aromatic N) is 2. The number of hydroxylamine groups is 1. The molecule has 1 aromatic carbocycles. The van der Waals surface area contributed by atoms with Crippen molar-refractivity contribution in [3.05, 3.63) is 53.2 Å². The number of hydrogen-bond acceptors (Lipinski definition) is 4. The number of amidine groups is 1. The molecule has 4 rings (SSSR count). The minimum absolute atomic E-state index is 0.251. The number of pyridine rings is 1. The summed E-state index contributed by atoms with van der Waals surface area (Å²) in [4.78, 5) is 9.05. The minimum atomic E-state index is 0.251. The van der Waals surface area contributed by atoms with Crippen molar-refractivity contribution in [2.45, 2.75) is 57.4 Å². The summed E-state index contributed by atoms with van der Waals surface area (Å²) in [5.74, 6) is 1.67. The van der Waals surface area contributed by atoms with E-state index < -0.39 is 0 Å². The molecule has 0 aliphatic heterocycles. The summed E-state index contributed by atoms with van der Waals surface area (Å²) in [5, 5.41) is 9.62. The van der Waals surface area contributed by atoms with Crippen LogP contribution in [0.3, 0.4) is 0 Å². The van der Waals surface area contributed by atoms with E-state index in [-0.39, 0.29) is 6.04 Å². The molecule has 2 aromatic rings. The van der Waals surface area contributed by atoms with E-state index in [0.717, 1.165) is 31.4 Å². The van der Waals surface area contributed by atoms with Gasteiger partial charge in [-0.3, -0.25) is 15.7 Å². The maximum absolute atomic E-state index is 9.62. The van der Waals surface area contributed by atoms with Crippen LogP contribution in [-0.4, -0.2) is 22.1 Å². The Kier molecular flexibility index (Phi) is 5.16. The highest BCUT2D eigenvalue weighted by atomic mass is 16.5. The molecular weight excluding hydrogens is 326 g/mol. The van der Waals surface area contributed by atoms with E-state index in [1.54, 1.807) is 6.20 Å². The number of benzene rings is 1. The van der Waals surface area contributed by atoms with Gasteiger partial charge in [-0.25, -0.2) is 4.98 Å². The largest absolute Gasteiger partial charge is 0.438 e. The van der Waals surface area contributed by atoms with Crippen molar-refractivity contribution in [2.75, 3.05) is 0 Å². The fourth-order valence-electron chi connectivity index (χ4n) is 3.91. The number of aromatic nitrogens is 1. The van der Waals surface area contributed by atoms with Gasteiger partial charge in [0, 0.05) is 6.20 Å². The average molecular weight is 351 g/mol. The molecule has 1 fully saturated rings.